The summed E-state index contributed by atoms with van der Waals surface area (Å²) in [5.74, 6) is 0.236. The van der Waals surface area contributed by atoms with E-state index in [1.807, 2.05) is 6.07 Å². The van der Waals surface area contributed by atoms with Crippen LogP contribution < -0.4 is 4.74 Å². The maximum atomic E-state index is 13.4. The Hall–Kier alpha value is -3.25. The fourth-order valence-corrected chi connectivity index (χ4v) is 7.20. The van der Waals surface area contributed by atoms with E-state index < -0.39 is 35.0 Å². The third kappa shape index (κ3) is 5.58. The first-order valence-corrected chi connectivity index (χ1v) is 14.5. The molecule has 2 heterocycles. The van der Waals surface area contributed by atoms with E-state index in [-0.39, 0.29) is 36.0 Å². The van der Waals surface area contributed by atoms with Gasteiger partial charge < -0.3 is 18.8 Å². The third-order valence-corrected chi connectivity index (χ3v) is 9.41. The zero-order chi connectivity index (χ0) is 30.6. The fourth-order valence-electron chi connectivity index (χ4n) is 7.20. The minimum absolute atomic E-state index is 0.0689. The molecule has 6 rings (SSSR count). The summed E-state index contributed by atoms with van der Waals surface area (Å²) in [6.45, 7) is 12.0. The first-order chi connectivity index (χ1) is 19.6. The predicted molar refractivity (Wildman–Crippen MR) is 154 cm³/mol. The zero-order valence-corrected chi connectivity index (χ0v) is 25.4. The van der Waals surface area contributed by atoms with Crippen LogP contribution in [-0.2, 0) is 31.8 Å². The second-order valence-electron chi connectivity index (χ2n) is 13.7. The molecule has 0 amide bonds. The Morgan fingerprint density at radius 2 is 2.00 bits per heavy atom. The Kier molecular flexibility index (Phi) is 7.76. The molecule has 11 nitrogen and oxygen atoms in total. The molecule has 1 aromatic carbocycles. The number of methoxy groups -OCH3 is 1. The van der Waals surface area contributed by atoms with Crippen LogP contribution in [0.4, 0.5) is 5.69 Å². The molecular formula is C30H40BN3O8. The molecule has 1 aliphatic heterocycles. The number of benzene rings is 1. The van der Waals surface area contributed by atoms with Crippen LogP contribution in [0.1, 0.15) is 76.7 Å². The summed E-state index contributed by atoms with van der Waals surface area (Å²) < 4.78 is 25.9. The normalized spacial score (nSPS) is 26.6. The molecule has 0 spiro atoms. The van der Waals surface area contributed by atoms with E-state index in [9.17, 15) is 19.7 Å². The van der Waals surface area contributed by atoms with Gasteiger partial charge >= 0.3 is 18.8 Å². The molecule has 226 valence electrons. The van der Waals surface area contributed by atoms with Gasteiger partial charge in [-0.2, -0.15) is 5.10 Å². The lowest BCUT2D eigenvalue weighted by atomic mass is 9.43. The van der Waals surface area contributed by atoms with Crippen LogP contribution in [0.15, 0.2) is 30.6 Å². The second-order valence-corrected chi connectivity index (χ2v) is 13.7. The Labute approximate surface area is 246 Å². The van der Waals surface area contributed by atoms with E-state index in [1.54, 1.807) is 32.9 Å². The van der Waals surface area contributed by atoms with Gasteiger partial charge in [0.1, 0.15) is 29.3 Å². The molecular weight excluding hydrogens is 541 g/mol. The van der Waals surface area contributed by atoms with E-state index in [2.05, 4.69) is 25.9 Å². The molecule has 4 aliphatic rings. The smallest absolute Gasteiger partial charge is 0.461 e. The average Bonchev–Trinajstić information content (AvgIpc) is 3.50. The van der Waals surface area contributed by atoms with Crippen molar-refractivity contribution in [1.29, 1.82) is 0 Å². The molecule has 0 N–H and O–H groups in total. The van der Waals surface area contributed by atoms with Gasteiger partial charge in [0.15, 0.2) is 5.78 Å². The Balaban J connectivity index is 1.42. The summed E-state index contributed by atoms with van der Waals surface area (Å²) in [6, 6.07) is 5.30. The SMILES string of the molecule is COc1c(C[C@H](CC(=O)Cn2cc([N+](=O)[O-])cn2)B2O[C@@H]3C[C@@H]4C[C@@H](C4(C)C)[C@]3(C)O2)cccc1C(=O)OC(C)(C)C. The van der Waals surface area contributed by atoms with E-state index in [4.69, 9.17) is 18.8 Å². The lowest BCUT2D eigenvalue weighted by Crippen LogP contribution is -2.65. The van der Waals surface area contributed by atoms with Crippen molar-refractivity contribution in [2.45, 2.75) is 96.9 Å². The summed E-state index contributed by atoms with van der Waals surface area (Å²) in [5.41, 5.74) is -0.130. The van der Waals surface area contributed by atoms with Crippen molar-refractivity contribution in [2.24, 2.45) is 17.3 Å². The number of nitrogens with zero attached hydrogens (tertiary/aromatic N) is 3. The summed E-state index contributed by atoms with van der Waals surface area (Å²) in [7, 11) is 0.853. The van der Waals surface area contributed by atoms with Crippen molar-refractivity contribution in [1.82, 2.24) is 9.78 Å². The lowest BCUT2D eigenvalue weighted by molar-refractivity contribution is -0.385. The molecule has 0 radical (unpaired) electrons. The molecule has 5 atom stereocenters. The van der Waals surface area contributed by atoms with Crippen molar-refractivity contribution in [3.05, 3.63) is 51.8 Å². The van der Waals surface area contributed by atoms with Crippen LogP contribution in [-0.4, -0.2) is 58.0 Å². The monoisotopic (exact) mass is 581 g/mol. The number of aromatic nitrogens is 2. The van der Waals surface area contributed by atoms with Crippen LogP contribution in [0.3, 0.4) is 0 Å². The van der Waals surface area contributed by atoms with Gasteiger partial charge in [-0.15, -0.1) is 0 Å². The number of hydrogen-bond donors (Lipinski definition) is 0. The molecule has 3 aliphatic carbocycles. The minimum Gasteiger partial charge on any atom is -0.496 e. The fraction of sp³-hybridized carbons (Fsp3) is 0.633. The molecule has 2 aromatic rings. The molecule has 1 aromatic heterocycles. The maximum absolute atomic E-state index is 13.4. The van der Waals surface area contributed by atoms with Crippen molar-refractivity contribution in [2.75, 3.05) is 7.11 Å². The standard InChI is InChI=1S/C30H40BN3O8/c1-28(2,3)40-27(36)23-10-8-9-18(26(23)39-7)11-20(14-22(35)17-33-16-21(15-32-33)34(37)38)31-41-25-13-19-12-24(29(19,4)5)30(25,6)42-31/h8-10,15-16,19-20,24-25H,11-14,17H2,1-7H3/t19-,20+,24-,25+,30-/m0/s1. The van der Waals surface area contributed by atoms with Gasteiger partial charge in [0.25, 0.3) is 0 Å². The van der Waals surface area contributed by atoms with Crippen molar-refractivity contribution < 1.29 is 33.3 Å². The lowest BCUT2D eigenvalue weighted by Gasteiger charge is -2.64. The Morgan fingerprint density at radius 1 is 1.26 bits per heavy atom. The van der Waals surface area contributed by atoms with Gasteiger partial charge in [0.05, 0.1) is 30.3 Å². The number of hydrogen-bond acceptors (Lipinski definition) is 9. The highest BCUT2D eigenvalue weighted by molar-refractivity contribution is 6.48. The second kappa shape index (κ2) is 10.8. The number of esters is 1. The molecule has 2 bridgehead atoms. The van der Waals surface area contributed by atoms with Gasteiger partial charge in [-0.05, 0) is 75.8 Å². The van der Waals surface area contributed by atoms with E-state index in [0.29, 0.717) is 29.6 Å². The molecule has 42 heavy (non-hydrogen) atoms. The van der Waals surface area contributed by atoms with Gasteiger partial charge in [-0.1, -0.05) is 26.0 Å². The third-order valence-electron chi connectivity index (χ3n) is 9.41. The summed E-state index contributed by atoms with van der Waals surface area (Å²) in [5, 5.41) is 15.1. The van der Waals surface area contributed by atoms with Gasteiger partial charge in [-0.3, -0.25) is 19.6 Å². The molecule has 0 unspecified atom stereocenters. The van der Waals surface area contributed by atoms with Gasteiger partial charge in [0.2, 0.25) is 0 Å². The number of carbonyl (C=O) groups excluding carboxylic acids is 2. The number of carbonyl (C=O) groups is 2. The molecule has 12 heteroatoms. The highest BCUT2D eigenvalue weighted by atomic mass is 16.7. The van der Waals surface area contributed by atoms with Crippen LogP contribution >= 0.6 is 0 Å². The number of ketones is 1. The molecule has 1 saturated heterocycles. The summed E-state index contributed by atoms with van der Waals surface area (Å²) in [6.07, 6.45) is 4.73. The average molecular weight is 581 g/mol. The van der Waals surface area contributed by atoms with Crippen LogP contribution in [0.2, 0.25) is 5.82 Å². The van der Waals surface area contributed by atoms with Crippen LogP contribution in [0, 0.1) is 27.4 Å². The summed E-state index contributed by atoms with van der Waals surface area (Å²) in [4.78, 5) is 36.9. The first kappa shape index (κ1) is 30.2. The molecule has 4 fully saturated rings. The van der Waals surface area contributed by atoms with Crippen molar-refractivity contribution in [3.8, 4) is 5.75 Å². The zero-order valence-electron chi connectivity index (χ0n) is 25.4. The van der Waals surface area contributed by atoms with E-state index in [1.165, 1.54) is 18.0 Å². The number of ether oxygens (including phenoxy) is 2. The maximum Gasteiger partial charge on any atom is 0.461 e. The van der Waals surface area contributed by atoms with Crippen molar-refractivity contribution >= 4 is 24.6 Å². The topological polar surface area (TPSA) is 132 Å². The quantitative estimate of drug-likeness (QED) is 0.164. The van der Waals surface area contributed by atoms with E-state index in [0.717, 1.165) is 24.6 Å². The number of nitro groups is 1. The molecule has 3 saturated carbocycles. The van der Waals surface area contributed by atoms with Crippen LogP contribution in [0.25, 0.3) is 0 Å². The first-order valence-electron chi connectivity index (χ1n) is 14.5. The highest BCUT2D eigenvalue weighted by Crippen LogP contribution is 2.66. The number of rotatable bonds is 10. The largest absolute Gasteiger partial charge is 0.496 e. The Bertz CT molecular complexity index is 1380. The van der Waals surface area contributed by atoms with Gasteiger partial charge in [0, 0.05) is 12.2 Å². The van der Waals surface area contributed by atoms with Crippen LogP contribution in [0.5, 0.6) is 5.75 Å². The highest BCUT2D eigenvalue weighted by Gasteiger charge is 2.68. The van der Waals surface area contributed by atoms with Gasteiger partial charge in [-0.25, -0.2) is 4.79 Å². The predicted octanol–water partition coefficient (Wildman–Crippen LogP) is 5.06. The minimum atomic E-state index is -0.680. The van der Waals surface area contributed by atoms with Crippen molar-refractivity contribution in [3.63, 3.8) is 0 Å². The Morgan fingerprint density at radius 3 is 2.62 bits per heavy atom. The summed E-state index contributed by atoms with van der Waals surface area (Å²) >= 11 is 0. The van der Waals surface area contributed by atoms with E-state index >= 15 is 0 Å². The number of para-hydroxylation sites is 1. The number of Topliss-reactive ketones (excluding diaryl/α,β-unsaturated/α-hetero) is 1.